The average molecular weight is 654 g/mol. The number of rotatable bonds is 6. The van der Waals surface area contributed by atoms with Gasteiger partial charge in [-0.05, 0) is 67.6 Å². The first kappa shape index (κ1) is 30.2. The lowest BCUT2D eigenvalue weighted by Crippen LogP contribution is -2.01. The lowest BCUT2D eigenvalue weighted by molar-refractivity contribution is 0.478. The number of nitrogens with zero attached hydrogens (tertiary/aromatic N) is 3. The smallest absolute Gasteiger partial charge is 0.164 e. The molecule has 9 rings (SSSR count). The van der Waals surface area contributed by atoms with Gasteiger partial charge in [0.05, 0.1) is 0 Å². The minimum atomic E-state index is 0.157. The molecule has 0 unspecified atom stereocenters. The van der Waals surface area contributed by atoms with E-state index in [4.69, 9.17) is 15.0 Å². The van der Waals surface area contributed by atoms with Crippen molar-refractivity contribution in [2.24, 2.45) is 0 Å². The van der Waals surface area contributed by atoms with Gasteiger partial charge in [-0.1, -0.05) is 164 Å². The molecule has 0 radical (unpaired) electrons. The molecule has 0 aliphatic rings. The van der Waals surface area contributed by atoms with Crippen LogP contribution in [0.5, 0.6) is 5.75 Å². The summed E-state index contributed by atoms with van der Waals surface area (Å²) in [6.07, 6.45) is 0. The molecule has 0 saturated carbocycles. The molecule has 4 nitrogen and oxygen atoms in total. The molecule has 0 bridgehead atoms. The van der Waals surface area contributed by atoms with E-state index in [1.807, 2.05) is 78.9 Å². The van der Waals surface area contributed by atoms with Gasteiger partial charge in [0.15, 0.2) is 17.5 Å². The van der Waals surface area contributed by atoms with E-state index < -0.39 is 0 Å². The normalized spacial score (nSPS) is 11.2. The highest BCUT2D eigenvalue weighted by Crippen LogP contribution is 2.43. The number of hydrogen-bond acceptors (Lipinski definition) is 4. The zero-order valence-electron chi connectivity index (χ0n) is 27.6. The van der Waals surface area contributed by atoms with E-state index in [9.17, 15) is 5.11 Å². The molecule has 9 aromatic rings. The van der Waals surface area contributed by atoms with Gasteiger partial charge in [-0.2, -0.15) is 0 Å². The third kappa shape index (κ3) is 5.79. The van der Waals surface area contributed by atoms with Crippen LogP contribution in [0.1, 0.15) is 0 Å². The van der Waals surface area contributed by atoms with Crippen LogP contribution in [0.2, 0.25) is 0 Å². The Morgan fingerprint density at radius 2 is 0.863 bits per heavy atom. The zero-order chi connectivity index (χ0) is 34.1. The minimum absolute atomic E-state index is 0.157. The Morgan fingerprint density at radius 3 is 1.61 bits per heavy atom. The highest BCUT2D eigenvalue weighted by atomic mass is 16.3. The summed E-state index contributed by atoms with van der Waals surface area (Å²) in [5.74, 6) is 1.75. The molecule has 0 fully saturated rings. The highest BCUT2D eigenvalue weighted by Gasteiger charge is 2.20. The molecule has 0 spiro atoms. The first-order chi connectivity index (χ1) is 25.2. The number of fused-ring (bicyclic) bond motifs is 2. The van der Waals surface area contributed by atoms with E-state index in [0.717, 1.165) is 55.3 Å². The van der Waals surface area contributed by atoms with Gasteiger partial charge in [0, 0.05) is 22.3 Å². The number of aromatic nitrogens is 3. The molecule has 1 N–H and O–H groups in total. The van der Waals surface area contributed by atoms with E-state index in [1.54, 1.807) is 0 Å². The summed E-state index contributed by atoms with van der Waals surface area (Å²) in [5, 5.41) is 16.5. The van der Waals surface area contributed by atoms with Crippen LogP contribution in [-0.4, -0.2) is 20.1 Å². The number of phenols is 1. The zero-order valence-corrected chi connectivity index (χ0v) is 27.6. The Bertz CT molecular complexity index is 2680. The van der Waals surface area contributed by atoms with Crippen molar-refractivity contribution in [3.63, 3.8) is 0 Å². The third-order valence-electron chi connectivity index (χ3n) is 9.41. The summed E-state index contributed by atoms with van der Waals surface area (Å²) >= 11 is 0. The van der Waals surface area contributed by atoms with Crippen molar-refractivity contribution in [1.29, 1.82) is 0 Å². The fourth-order valence-electron chi connectivity index (χ4n) is 6.87. The molecule has 0 atom stereocenters. The van der Waals surface area contributed by atoms with Crippen LogP contribution in [0.15, 0.2) is 182 Å². The van der Waals surface area contributed by atoms with Gasteiger partial charge < -0.3 is 5.11 Å². The fourth-order valence-corrected chi connectivity index (χ4v) is 6.87. The second-order valence-corrected chi connectivity index (χ2v) is 12.6. The SMILES string of the molecule is Oc1cc(-c2cccc3ccccc23)cc(-c2nc(-c3ccccc3)nc(-c3ccc(-c4ccc5ccccc5c4)cc3)n2)c1-c1ccccc1. The Labute approximate surface area is 296 Å². The van der Waals surface area contributed by atoms with Crippen molar-refractivity contribution in [1.82, 2.24) is 15.0 Å². The summed E-state index contributed by atoms with van der Waals surface area (Å²) in [6.45, 7) is 0. The van der Waals surface area contributed by atoms with Crippen LogP contribution in [0, 0.1) is 0 Å². The van der Waals surface area contributed by atoms with Crippen LogP contribution in [-0.2, 0) is 0 Å². The van der Waals surface area contributed by atoms with Gasteiger partial charge in [-0.3, -0.25) is 0 Å². The maximum atomic E-state index is 11.8. The van der Waals surface area contributed by atoms with E-state index in [2.05, 4.69) is 103 Å². The van der Waals surface area contributed by atoms with Crippen molar-refractivity contribution in [3.05, 3.63) is 182 Å². The highest BCUT2D eigenvalue weighted by molar-refractivity contribution is 5.99. The second-order valence-electron chi connectivity index (χ2n) is 12.6. The molecule has 0 saturated heterocycles. The predicted octanol–water partition coefficient (Wildman–Crippen LogP) is 11.9. The minimum Gasteiger partial charge on any atom is -0.507 e. The molecule has 0 aliphatic carbocycles. The summed E-state index contributed by atoms with van der Waals surface area (Å²) in [4.78, 5) is 15.2. The summed E-state index contributed by atoms with van der Waals surface area (Å²) in [7, 11) is 0. The van der Waals surface area contributed by atoms with Gasteiger partial charge in [0.1, 0.15) is 5.75 Å². The summed E-state index contributed by atoms with van der Waals surface area (Å²) in [6, 6.07) is 61.7. The molecule has 1 aromatic heterocycles. The predicted molar refractivity (Wildman–Crippen MR) is 209 cm³/mol. The summed E-state index contributed by atoms with van der Waals surface area (Å²) < 4.78 is 0. The Hall–Kier alpha value is -6.91. The number of phenolic OH excluding ortho intramolecular Hbond substituents is 1. The van der Waals surface area contributed by atoms with Gasteiger partial charge in [0.25, 0.3) is 0 Å². The Morgan fingerprint density at radius 1 is 0.314 bits per heavy atom. The van der Waals surface area contributed by atoms with Gasteiger partial charge in [0.2, 0.25) is 0 Å². The van der Waals surface area contributed by atoms with E-state index in [1.165, 1.54) is 10.8 Å². The summed E-state index contributed by atoms with van der Waals surface area (Å²) in [5.41, 5.74) is 8.17. The van der Waals surface area contributed by atoms with E-state index in [0.29, 0.717) is 23.0 Å². The maximum Gasteiger partial charge on any atom is 0.164 e. The fraction of sp³-hybridized carbons (Fsp3) is 0. The van der Waals surface area contributed by atoms with Gasteiger partial charge >= 0.3 is 0 Å². The standard InChI is InChI=1S/C47H31N3O/c51-43-30-39(41-21-11-19-33-13-9-10-20-40(33)41)29-42(44(43)34-14-3-1-4-15-34)47-49-45(35-16-5-2-6-17-35)48-46(50-47)36-25-22-32(23-26-36)38-27-24-31-12-7-8-18-37(31)28-38/h1-30,51H. The molecular formula is C47H31N3O. The van der Waals surface area contributed by atoms with E-state index >= 15 is 0 Å². The molecule has 0 aliphatic heterocycles. The van der Waals surface area contributed by atoms with Crippen molar-refractivity contribution in [2.45, 2.75) is 0 Å². The van der Waals surface area contributed by atoms with Crippen LogP contribution in [0.3, 0.4) is 0 Å². The molecule has 1 heterocycles. The number of hydrogen-bond donors (Lipinski definition) is 1. The van der Waals surface area contributed by atoms with Crippen LogP contribution in [0.4, 0.5) is 0 Å². The van der Waals surface area contributed by atoms with Crippen LogP contribution >= 0.6 is 0 Å². The van der Waals surface area contributed by atoms with Crippen molar-refractivity contribution >= 4 is 21.5 Å². The molecule has 51 heavy (non-hydrogen) atoms. The number of benzene rings is 8. The van der Waals surface area contributed by atoms with Crippen molar-refractivity contribution < 1.29 is 5.11 Å². The molecule has 4 heteroatoms. The van der Waals surface area contributed by atoms with Gasteiger partial charge in [-0.15, -0.1) is 0 Å². The lowest BCUT2D eigenvalue weighted by atomic mass is 9.91. The first-order valence-corrected chi connectivity index (χ1v) is 17.0. The molecule has 240 valence electrons. The first-order valence-electron chi connectivity index (χ1n) is 17.0. The lowest BCUT2D eigenvalue weighted by Gasteiger charge is -2.16. The van der Waals surface area contributed by atoms with Gasteiger partial charge in [-0.25, -0.2) is 15.0 Å². The Balaban J connectivity index is 1.23. The number of aromatic hydroxyl groups is 1. The van der Waals surface area contributed by atoms with Crippen LogP contribution < -0.4 is 0 Å². The molecule has 0 amide bonds. The quantitative estimate of drug-likeness (QED) is 0.194. The topological polar surface area (TPSA) is 58.9 Å². The second kappa shape index (κ2) is 12.8. The molecular weight excluding hydrogens is 623 g/mol. The largest absolute Gasteiger partial charge is 0.507 e. The van der Waals surface area contributed by atoms with Crippen LogP contribution in [0.25, 0.3) is 89.1 Å². The average Bonchev–Trinajstić information content (AvgIpc) is 3.20. The maximum absolute atomic E-state index is 11.8. The van der Waals surface area contributed by atoms with Crippen molar-refractivity contribution in [2.75, 3.05) is 0 Å². The third-order valence-corrected chi connectivity index (χ3v) is 9.41. The monoisotopic (exact) mass is 653 g/mol. The Kier molecular flexibility index (Phi) is 7.60. The van der Waals surface area contributed by atoms with E-state index in [-0.39, 0.29) is 5.75 Å². The molecule has 8 aromatic carbocycles. The van der Waals surface area contributed by atoms with Crippen molar-refractivity contribution in [3.8, 4) is 73.3 Å².